The number of anilines is 1. The van der Waals surface area contributed by atoms with Crippen LogP contribution in [0.5, 0.6) is 11.5 Å². The fourth-order valence-corrected chi connectivity index (χ4v) is 5.03. The van der Waals surface area contributed by atoms with Gasteiger partial charge in [0.2, 0.25) is 5.91 Å². The Labute approximate surface area is 168 Å². The lowest BCUT2D eigenvalue weighted by Gasteiger charge is -2.34. The maximum absolute atomic E-state index is 12.9. The van der Waals surface area contributed by atoms with Crippen LogP contribution < -0.4 is 14.8 Å². The Morgan fingerprint density at radius 3 is 3.07 bits per heavy atom. The number of aliphatic imine (C=N–C) groups is 1. The zero-order valence-corrected chi connectivity index (χ0v) is 16.5. The number of hydrogen-bond acceptors (Lipinski definition) is 7. The monoisotopic (exact) mass is 400 g/mol. The summed E-state index contributed by atoms with van der Waals surface area (Å²) in [7, 11) is 0. The van der Waals surface area contributed by atoms with Gasteiger partial charge in [0, 0.05) is 43.1 Å². The highest BCUT2D eigenvalue weighted by Gasteiger charge is 2.30. The molecule has 1 atom stereocenters. The molecule has 28 heavy (non-hydrogen) atoms. The number of nitrogens with one attached hydrogen (secondary N) is 1. The van der Waals surface area contributed by atoms with E-state index in [0.29, 0.717) is 19.6 Å². The van der Waals surface area contributed by atoms with Crippen LogP contribution in [0.15, 0.2) is 34.3 Å². The third kappa shape index (κ3) is 3.53. The first kappa shape index (κ1) is 17.7. The van der Waals surface area contributed by atoms with Gasteiger partial charge in [-0.2, -0.15) is 0 Å². The molecule has 4 heterocycles. The van der Waals surface area contributed by atoms with Crippen LogP contribution >= 0.6 is 11.8 Å². The maximum Gasteiger partial charge on any atom is 0.228 e. The standard InChI is InChI=1S/C20H24N4O3S/c25-19(11-16-13-28-20-21-5-7-24(16)20)23-6-1-2-15(12-23)22-14-3-4-17-18(10-14)27-9-8-26-17/h3-4,10,13,15,22H,1-2,5-9,11-12H2. The minimum absolute atomic E-state index is 0.202. The van der Waals surface area contributed by atoms with Gasteiger partial charge in [-0.1, -0.05) is 11.8 Å². The van der Waals surface area contributed by atoms with Crippen LogP contribution in [0.3, 0.4) is 0 Å². The van der Waals surface area contributed by atoms with Crippen molar-refractivity contribution in [1.29, 1.82) is 0 Å². The number of piperidine rings is 1. The van der Waals surface area contributed by atoms with Crippen molar-refractivity contribution < 1.29 is 14.3 Å². The summed E-state index contributed by atoms with van der Waals surface area (Å²) in [4.78, 5) is 21.5. The van der Waals surface area contributed by atoms with Crippen LogP contribution in [0.4, 0.5) is 5.69 Å². The SMILES string of the molecule is O=C(CC1=CSC2=NCCN12)N1CCCC(Nc2ccc3c(c2)OCCO3)C1. The summed E-state index contributed by atoms with van der Waals surface area (Å²) < 4.78 is 11.3. The van der Waals surface area contributed by atoms with Gasteiger partial charge in [-0.05, 0) is 30.4 Å². The molecule has 0 aliphatic carbocycles. The molecule has 4 aliphatic heterocycles. The van der Waals surface area contributed by atoms with E-state index in [1.165, 1.54) is 0 Å². The second-order valence-electron chi connectivity index (χ2n) is 7.40. The number of amidine groups is 1. The fourth-order valence-electron chi connectivity index (χ4n) is 4.07. The van der Waals surface area contributed by atoms with Gasteiger partial charge in [-0.25, -0.2) is 0 Å². The van der Waals surface area contributed by atoms with E-state index in [-0.39, 0.29) is 11.9 Å². The second kappa shape index (κ2) is 7.58. The van der Waals surface area contributed by atoms with Crippen molar-refractivity contribution in [2.24, 2.45) is 4.99 Å². The molecule has 1 aromatic carbocycles. The molecule has 1 fully saturated rings. The van der Waals surface area contributed by atoms with Crippen molar-refractivity contribution in [3.63, 3.8) is 0 Å². The largest absolute Gasteiger partial charge is 0.486 e. The van der Waals surface area contributed by atoms with Crippen LogP contribution in [0, 0.1) is 0 Å². The van der Waals surface area contributed by atoms with E-state index in [0.717, 1.165) is 67.1 Å². The van der Waals surface area contributed by atoms with Crippen LogP contribution in [0.2, 0.25) is 0 Å². The minimum Gasteiger partial charge on any atom is -0.486 e. The van der Waals surface area contributed by atoms with E-state index in [4.69, 9.17) is 9.47 Å². The van der Waals surface area contributed by atoms with Crippen LogP contribution in [0.1, 0.15) is 19.3 Å². The number of likely N-dealkylation sites (tertiary alicyclic amines) is 1. The summed E-state index contributed by atoms with van der Waals surface area (Å²) in [5.74, 6) is 1.78. The lowest BCUT2D eigenvalue weighted by Crippen LogP contribution is -2.45. The highest BCUT2D eigenvalue weighted by atomic mass is 32.2. The van der Waals surface area contributed by atoms with Gasteiger partial charge in [0.25, 0.3) is 0 Å². The first-order valence-electron chi connectivity index (χ1n) is 9.88. The number of nitrogens with zero attached hydrogens (tertiary/aromatic N) is 3. The Bertz CT molecular complexity index is 841. The Morgan fingerprint density at radius 1 is 1.25 bits per heavy atom. The second-order valence-corrected chi connectivity index (χ2v) is 8.24. The Morgan fingerprint density at radius 2 is 2.14 bits per heavy atom. The number of amides is 1. The molecule has 1 unspecified atom stereocenters. The highest BCUT2D eigenvalue weighted by molar-refractivity contribution is 8.16. The van der Waals surface area contributed by atoms with Crippen molar-refractivity contribution >= 4 is 28.5 Å². The van der Waals surface area contributed by atoms with E-state index in [2.05, 4.69) is 20.6 Å². The van der Waals surface area contributed by atoms with Gasteiger partial charge >= 0.3 is 0 Å². The number of benzene rings is 1. The summed E-state index contributed by atoms with van der Waals surface area (Å²) in [6.45, 7) is 4.47. The van der Waals surface area contributed by atoms with Gasteiger partial charge in [0.05, 0.1) is 13.0 Å². The number of carbonyl (C=O) groups is 1. The van der Waals surface area contributed by atoms with Gasteiger partial charge in [0.15, 0.2) is 16.7 Å². The lowest BCUT2D eigenvalue weighted by molar-refractivity contribution is -0.131. The summed E-state index contributed by atoms with van der Waals surface area (Å²) in [5.41, 5.74) is 2.10. The maximum atomic E-state index is 12.9. The third-order valence-corrected chi connectivity index (χ3v) is 6.42. The molecule has 8 heteroatoms. The molecular formula is C20H24N4O3S. The zero-order chi connectivity index (χ0) is 18.9. The molecule has 148 valence electrons. The topological polar surface area (TPSA) is 66.4 Å². The van der Waals surface area contributed by atoms with E-state index in [1.807, 2.05) is 23.1 Å². The minimum atomic E-state index is 0.202. The molecule has 7 nitrogen and oxygen atoms in total. The van der Waals surface area contributed by atoms with Crippen LogP contribution in [-0.4, -0.2) is 66.3 Å². The van der Waals surface area contributed by atoms with E-state index < -0.39 is 0 Å². The summed E-state index contributed by atoms with van der Waals surface area (Å²) in [6, 6.07) is 6.20. The number of rotatable bonds is 4. The molecule has 5 rings (SSSR count). The summed E-state index contributed by atoms with van der Waals surface area (Å²) >= 11 is 1.63. The summed E-state index contributed by atoms with van der Waals surface area (Å²) in [5, 5.41) is 6.68. The first-order valence-corrected chi connectivity index (χ1v) is 10.8. The van der Waals surface area contributed by atoms with E-state index in [9.17, 15) is 4.79 Å². The van der Waals surface area contributed by atoms with E-state index >= 15 is 0 Å². The molecule has 0 spiro atoms. The molecule has 1 amide bonds. The van der Waals surface area contributed by atoms with Crippen molar-refractivity contribution in [2.75, 3.05) is 44.7 Å². The van der Waals surface area contributed by atoms with Gasteiger partial charge in [-0.3, -0.25) is 9.79 Å². The number of carbonyl (C=O) groups excluding carboxylic acids is 1. The van der Waals surface area contributed by atoms with Gasteiger partial charge in [-0.15, -0.1) is 0 Å². The van der Waals surface area contributed by atoms with Crippen molar-refractivity contribution in [2.45, 2.75) is 25.3 Å². The highest BCUT2D eigenvalue weighted by Crippen LogP contribution is 2.34. The van der Waals surface area contributed by atoms with Crippen LogP contribution in [-0.2, 0) is 4.79 Å². The molecule has 0 radical (unpaired) electrons. The summed E-state index contributed by atoms with van der Waals surface area (Å²) in [6.07, 6.45) is 2.53. The lowest BCUT2D eigenvalue weighted by atomic mass is 10.0. The Kier molecular flexibility index (Phi) is 4.80. The predicted molar refractivity (Wildman–Crippen MR) is 110 cm³/mol. The number of fused-ring (bicyclic) bond motifs is 2. The quantitative estimate of drug-likeness (QED) is 0.838. The van der Waals surface area contributed by atoms with Crippen molar-refractivity contribution in [3.8, 4) is 11.5 Å². The molecule has 0 bridgehead atoms. The molecule has 4 aliphatic rings. The smallest absolute Gasteiger partial charge is 0.228 e. The van der Waals surface area contributed by atoms with Crippen LogP contribution in [0.25, 0.3) is 0 Å². The normalized spacial score (nSPS) is 23.2. The average molecular weight is 401 g/mol. The molecule has 0 saturated carbocycles. The van der Waals surface area contributed by atoms with Gasteiger partial charge < -0.3 is 24.6 Å². The molecule has 1 saturated heterocycles. The average Bonchev–Trinajstić information content (AvgIpc) is 3.33. The first-order chi connectivity index (χ1) is 13.8. The number of thioether (sulfide) groups is 1. The van der Waals surface area contributed by atoms with E-state index in [1.54, 1.807) is 11.8 Å². The van der Waals surface area contributed by atoms with Crippen molar-refractivity contribution in [1.82, 2.24) is 9.80 Å². The number of ether oxygens (including phenoxy) is 2. The molecule has 0 aromatic heterocycles. The fraction of sp³-hybridized carbons (Fsp3) is 0.500. The molecule has 1 N–H and O–H groups in total. The Balaban J connectivity index is 1.19. The molecular weight excluding hydrogens is 376 g/mol. The third-order valence-electron chi connectivity index (χ3n) is 5.47. The van der Waals surface area contributed by atoms with Gasteiger partial charge in [0.1, 0.15) is 13.2 Å². The number of hydrogen-bond donors (Lipinski definition) is 1. The molecule has 1 aromatic rings. The predicted octanol–water partition coefficient (Wildman–Crippen LogP) is 2.51. The van der Waals surface area contributed by atoms with Crippen molar-refractivity contribution in [3.05, 3.63) is 29.3 Å². The zero-order valence-electron chi connectivity index (χ0n) is 15.7. The Hall–Kier alpha value is -2.35.